The summed E-state index contributed by atoms with van der Waals surface area (Å²) < 4.78 is 5.48. The Balaban J connectivity index is 1.68. The van der Waals surface area contributed by atoms with E-state index in [9.17, 15) is 4.79 Å². The van der Waals surface area contributed by atoms with Gasteiger partial charge in [-0.25, -0.2) is 4.79 Å². The summed E-state index contributed by atoms with van der Waals surface area (Å²) in [6.07, 6.45) is 3.22. The van der Waals surface area contributed by atoms with Crippen LogP contribution in [0.25, 0.3) is 0 Å². The number of ether oxygens (including phenoxy) is 1. The van der Waals surface area contributed by atoms with E-state index >= 15 is 0 Å². The molecule has 0 heterocycles. The first-order valence-corrected chi connectivity index (χ1v) is 7.62. The topological polar surface area (TPSA) is 26.3 Å². The number of esters is 1. The van der Waals surface area contributed by atoms with E-state index in [1.54, 1.807) is 12.1 Å². The zero-order chi connectivity index (χ0) is 14.7. The number of carbonyl (C=O) groups excluding carboxylic acids is 1. The van der Waals surface area contributed by atoms with E-state index in [1.807, 2.05) is 30.3 Å². The zero-order valence-electron chi connectivity index (χ0n) is 11.7. The van der Waals surface area contributed by atoms with E-state index in [-0.39, 0.29) is 11.9 Å². The fourth-order valence-electron chi connectivity index (χ4n) is 2.89. The molecule has 1 aliphatic carbocycles. The van der Waals surface area contributed by atoms with Crippen LogP contribution in [0.15, 0.2) is 48.5 Å². The monoisotopic (exact) mass is 300 g/mol. The van der Waals surface area contributed by atoms with Gasteiger partial charge in [0.2, 0.25) is 0 Å². The zero-order valence-corrected chi connectivity index (χ0v) is 12.5. The molecular weight excluding hydrogens is 284 g/mol. The fourth-order valence-corrected chi connectivity index (χ4v) is 3.09. The Kier molecular flexibility index (Phi) is 4.26. The van der Waals surface area contributed by atoms with Crippen molar-refractivity contribution in [3.05, 3.63) is 70.2 Å². The second-order valence-electron chi connectivity index (χ2n) is 5.40. The molecule has 21 heavy (non-hydrogen) atoms. The van der Waals surface area contributed by atoms with Crippen molar-refractivity contribution in [1.29, 1.82) is 0 Å². The molecule has 2 aromatic rings. The maximum absolute atomic E-state index is 12.0. The van der Waals surface area contributed by atoms with Crippen molar-refractivity contribution in [2.45, 2.75) is 25.2 Å². The van der Waals surface area contributed by atoms with Crippen molar-refractivity contribution in [2.75, 3.05) is 6.61 Å². The first-order valence-electron chi connectivity index (χ1n) is 7.24. The number of rotatable bonds is 3. The van der Waals surface area contributed by atoms with Crippen molar-refractivity contribution in [3.63, 3.8) is 0 Å². The summed E-state index contributed by atoms with van der Waals surface area (Å²) in [5.41, 5.74) is 3.16. The van der Waals surface area contributed by atoms with Crippen molar-refractivity contribution in [3.8, 4) is 0 Å². The summed E-state index contributed by atoms with van der Waals surface area (Å²) in [5.74, 6) is 0.0235. The van der Waals surface area contributed by atoms with Crippen molar-refractivity contribution >= 4 is 17.6 Å². The van der Waals surface area contributed by atoms with E-state index < -0.39 is 0 Å². The summed E-state index contributed by atoms with van der Waals surface area (Å²) in [5, 5.41) is 0.774. The van der Waals surface area contributed by atoms with Gasteiger partial charge in [-0.1, -0.05) is 35.9 Å². The first-order chi connectivity index (χ1) is 10.2. The SMILES string of the molecule is O=C(OCC1CCCc2cc(Cl)ccc21)c1ccccc1. The number of fused-ring (bicyclic) bond motifs is 1. The van der Waals surface area contributed by atoms with Crippen LogP contribution in [-0.2, 0) is 11.2 Å². The lowest BCUT2D eigenvalue weighted by molar-refractivity contribution is 0.0472. The highest BCUT2D eigenvalue weighted by Crippen LogP contribution is 2.33. The van der Waals surface area contributed by atoms with Gasteiger partial charge < -0.3 is 4.74 Å². The van der Waals surface area contributed by atoms with E-state index in [0.29, 0.717) is 12.2 Å². The second kappa shape index (κ2) is 6.31. The summed E-state index contributed by atoms with van der Waals surface area (Å²) in [7, 11) is 0. The van der Waals surface area contributed by atoms with Gasteiger partial charge in [-0.05, 0) is 54.7 Å². The summed E-state index contributed by atoms with van der Waals surface area (Å²) in [4.78, 5) is 12.0. The highest BCUT2D eigenvalue weighted by atomic mass is 35.5. The van der Waals surface area contributed by atoms with Gasteiger partial charge in [-0.2, -0.15) is 0 Å². The van der Waals surface area contributed by atoms with Crippen LogP contribution in [-0.4, -0.2) is 12.6 Å². The molecule has 0 radical (unpaired) electrons. The highest BCUT2D eigenvalue weighted by Gasteiger charge is 2.22. The maximum atomic E-state index is 12.0. The van der Waals surface area contributed by atoms with Crippen LogP contribution in [0.2, 0.25) is 5.02 Å². The van der Waals surface area contributed by atoms with Crippen LogP contribution in [0.5, 0.6) is 0 Å². The summed E-state index contributed by atoms with van der Waals surface area (Å²) in [6.45, 7) is 0.433. The van der Waals surface area contributed by atoms with Gasteiger partial charge >= 0.3 is 5.97 Å². The molecular formula is C18H17ClO2. The molecule has 1 unspecified atom stereocenters. The van der Waals surface area contributed by atoms with Crippen LogP contribution in [0.1, 0.15) is 40.2 Å². The van der Waals surface area contributed by atoms with E-state index in [2.05, 4.69) is 6.07 Å². The van der Waals surface area contributed by atoms with Crippen LogP contribution < -0.4 is 0 Å². The average molecular weight is 301 g/mol. The van der Waals surface area contributed by atoms with E-state index in [4.69, 9.17) is 16.3 Å². The Morgan fingerprint density at radius 3 is 2.81 bits per heavy atom. The summed E-state index contributed by atoms with van der Waals surface area (Å²) in [6, 6.07) is 15.1. The third-order valence-corrected chi connectivity index (χ3v) is 4.20. The number of carbonyl (C=O) groups is 1. The lowest BCUT2D eigenvalue weighted by Gasteiger charge is -2.25. The quantitative estimate of drug-likeness (QED) is 0.773. The molecule has 0 saturated heterocycles. The Labute approximate surface area is 129 Å². The lowest BCUT2D eigenvalue weighted by Crippen LogP contribution is -2.17. The van der Waals surface area contributed by atoms with Gasteiger partial charge in [-0.15, -0.1) is 0 Å². The third kappa shape index (κ3) is 3.27. The molecule has 0 fully saturated rings. The molecule has 108 valence electrons. The van der Waals surface area contributed by atoms with Crippen molar-refractivity contribution in [1.82, 2.24) is 0 Å². The highest BCUT2D eigenvalue weighted by molar-refractivity contribution is 6.30. The van der Waals surface area contributed by atoms with Gasteiger partial charge in [0.1, 0.15) is 0 Å². The Bertz CT molecular complexity index is 637. The van der Waals surface area contributed by atoms with Gasteiger partial charge in [0.15, 0.2) is 0 Å². The van der Waals surface area contributed by atoms with Crippen LogP contribution in [0.3, 0.4) is 0 Å². The number of halogens is 1. The molecule has 0 bridgehead atoms. The summed E-state index contributed by atoms with van der Waals surface area (Å²) >= 11 is 6.05. The smallest absolute Gasteiger partial charge is 0.338 e. The normalized spacial score (nSPS) is 17.1. The molecule has 2 aromatic carbocycles. The number of benzene rings is 2. The van der Waals surface area contributed by atoms with Crippen LogP contribution >= 0.6 is 11.6 Å². The molecule has 2 nitrogen and oxygen atoms in total. The molecule has 0 N–H and O–H groups in total. The molecule has 1 atom stereocenters. The van der Waals surface area contributed by atoms with Crippen LogP contribution in [0, 0.1) is 0 Å². The molecule has 3 rings (SSSR count). The Morgan fingerprint density at radius 1 is 1.19 bits per heavy atom. The average Bonchev–Trinajstić information content (AvgIpc) is 2.53. The lowest BCUT2D eigenvalue weighted by atomic mass is 9.83. The third-order valence-electron chi connectivity index (χ3n) is 3.97. The van der Waals surface area contributed by atoms with Crippen molar-refractivity contribution < 1.29 is 9.53 Å². The van der Waals surface area contributed by atoms with Gasteiger partial charge in [0, 0.05) is 10.9 Å². The maximum Gasteiger partial charge on any atom is 0.338 e. The molecule has 0 spiro atoms. The standard InChI is InChI=1S/C18H17ClO2/c19-16-9-10-17-14(11-16)7-4-8-15(17)12-21-18(20)13-5-2-1-3-6-13/h1-3,5-6,9-11,15H,4,7-8,12H2. The minimum atomic E-state index is -0.253. The Morgan fingerprint density at radius 2 is 2.00 bits per heavy atom. The van der Waals surface area contributed by atoms with E-state index in [0.717, 1.165) is 24.3 Å². The van der Waals surface area contributed by atoms with Gasteiger partial charge in [0.25, 0.3) is 0 Å². The Hall–Kier alpha value is -1.80. The fraction of sp³-hybridized carbons (Fsp3) is 0.278. The van der Waals surface area contributed by atoms with E-state index in [1.165, 1.54) is 11.1 Å². The number of hydrogen-bond acceptors (Lipinski definition) is 2. The molecule has 3 heteroatoms. The predicted octanol–water partition coefficient (Wildman–Crippen LogP) is 4.62. The largest absolute Gasteiger partial charge is 0.461 e. The minimum Gasteiger partial charge on any atom is -0.461 e. The molecule has 0 saturated carbocycles. The first kappa shape index (κ1) is 14.2. The minimum absolute atomic E-state index is 0.253. The number of aryl methyl sites for hydroxylation is 1. The number of hydrogen-bond donors (Lipinski definition) is 0. The molecule has 0 aliphatic heterocycles. The second-order valence-corrected chi connectivity index (χ2v) is 5.83. The predicted molar refractivity (Wildman–Crippen MR) is 83.9 cm³/mol. The molecule has 0 aromatic heterocycles. The van der Waals surface area contributed by atoms with Gasteiger partial charge in [-0.3, -0.25) is 0 Å². The molecule has 0 amide bonds. The van der Waals surface area contributed by atoms with Gasteiger partial charge in [0.05, 0.1) is 12.2 Å². The van der Waals surface area contributed by atoms with Crippen molar-refractivity contribution in [2.24, 2.45) is 0 Å². The van der Waals surface area contributed by atoms with Crippen LogP contribution in [0.4, 0.5) is 0 Å². The molecule has 1 aliphatic rings.